The third-order valence-electron chi connectivity index (χ3n) is 4.19. The van der Waals surface area contributed by atoms with E-state index in [-0.39, 0.29) is 11.8 Å². The molecular formula is C22H28N2O3. The zero-order valence-corrected chi connectivity index (χ0v) is 16.1. The number of anilines is 1. The Labute approximate surface area is 161 Å². The van der Waals surface area contributed by atoms with E-state index in [1.54, 1.807) is 4.90 Å². The van der Waals surface area contributed by atoms with Crippen molar-refractivity contribution in [1.82, 2.24) is 5.32 Å². The van der Waals surface area contributed by atoms with Crippen LogP contribution in [0, 0.1) is 0 Å². The lowest BCUT2D eigenvalue weighted by molar-refractivity contribution is -0.121. The number of ether oxygens (including phenoxy) is 1. The lowest BCUT2D eigenvalue weighted by atomic mass is 10.2. The quantitative estimate of drug-likeness (QED) is 0.691. The fourth-order valence-electron chi connectivity index (χ4n) is 2.66. The van der Waals surface area contributed by atoms with Gasteiger partial charge in [0, 0.05) is 32.1 Å². The van der Waals surface area contributed by atoms with E-state index in [4.69, 9.17) is 4.74 Å². The van der Waals surface area contributed by atoms with Gasteiger partial charge in [-0.1, -0.05) is 43.7 Å². The van der Waals surface area contributed by atoms with E-state index in [1.165, 1.54) is 6.92 Å². The standard InChI is InChI=1S/C22H28N2O3/c1-3-4-10-22(26)23-15-16-24(18(2)25)20-11-13-21(14-12-20)27-17-19-8-6-5-7-9-19/h5-9,11-14H,3-4,10,15-17H2,1-2H3,(H,23,26). The van der Waals surface area contributed by atoms with Crippen molar-refractivity contribution < 1.29 is 14.3 Å². The molecule has 0 aliphatic heterocycles. The molecule has 0 saturated heterocycles. The van der Waals surface area contributed by atoms with Gasteiger partial charge in [0.15, 0.2) is 0 Å². The zero-order valence-electron chi connectivity index (χ0n) is 16.1. The zero-order chi connectivity index (χ0) is 19.5. The number of carbonyl (C=O) groups is 2. The van der Waals surface area contributed by atoms with Crippen molar-refractivity contribution in [2.24, 2.45) is 0 Å². The molecule has 0 heterocycles. The molecule has 0 aromatic heterocycles. The second-order valence-electron chi connectivity index (χ2n) is 6.39. The molecule has 27 heavy (non-hydrogen) atoms. The van der Waals surface area contributed by atoms with E-state index in [9.17, 15) is 9.59 Å². The summed E-state index contributed by atoms with van der Waals surface area (Å²) in [6.45, 7) is 4.96. The van der Waals surface area contributed by atoms with Crippen LogP contribution in [0.1, 0.15) is 38.7 Å². The number of carbonyl (C=O) groups excluding carboxylic acids is 2. The van der Waals surface area contributed by atoms with Crippen LogP contribution in [0.2, 0.25) is 0 Å². The number of amides is 2. The van der Waals surface area contributed by atoms with Gasteiger partial charge in [-0.3, -0.25) is 9.59 Å². The van der Waals surface area contributed by atoms with Crippen molar-refractivity contribution in [2.45, 2.75) is 39.7 Å². The summed E-state index contributed by atoms with van der Waals surface area (Å²) in [6.07, 6.45) is 2.41. The molecule has 2 amide bonds. The molecule has 2 rings (SSSR count). The van der Waals surface area contributed by atoms with Crippen LogP contribution in [0.15, 0.2) is 54.6 Å². The van der Waals surface area contributed by atoms with E-state index in [0.29, 0.717) is 26.1 Å². The van der Waals surface area contributed by atoms with Gasteiger partial charge in [0.1, 0.15) is 12.4 Å². The monoisotopic (exact) mass is 368 g/mol. The molecule has 0 fully saturated rings. The van der Waals surface area contributed by atoms with E-state index in [2.05, 4.69) is 12.2 Å². The first kappa shape index (κ1) is 20.5. The maximum atomic E-state index is 12.0. The lowest BCUT2D eigenvalue weighted by Crippen LogP contribution is -2.37. The fourth-order valence-corrected chi connectivity index (χ4v) is 2.66. The average molecular weight is 368 g/mol. The average Bonchev–Trinajstić information content (AvgIpc) is 2.69. The molecule has 2 aromatic rings. The van der Waals surface area contributed by atoms with E-state index in [0.717, 1.165) is 29.8 Å². The summed E-state index contributed by atoms with van der Waals surface area (Å²) in [5.41, 5.74) is 1.89. The second-order valence-corrected chi connectivity index (χ2v) is 6.39. The van der Waals surface area contributed by atoms with Gasteiger partial charge >= 0.3 is 0 Å². The Morgan fingerprint density at radius 3 is 2.37 bits per heavy atom. The van der Waals surface area contributed by atoms with Gasteiger partial charge in [-0.15, -0.1) is 0 Å². The number of hydrogen-bond acceptors (Lipinski definition) is 3. The summed E-state index contributed by atoms with van der Waals surface area (Å²) in [4.78, 5) is 25.3. The molecule has 0 spiro atoms. The summed E-state index contributed by atoms with van der Waals surface area (Å²) in [5, 5.41) is 2.86. The largest absolute Gasteiger partial charge is 0.489 e. The van der Waals surface area contributed by atoms with Gasteiger partial charge in [-0.25, -0.2) is 0 Å². The molecular weight excluding hydrogens is 340 g/mol. The summed E-state index contributed by atoms with van der Waals surface area (Å²) in [7, 11) is 0. The molecule has 1 N–H and O–H groups in total. The highest BCUT2D eigenvalue weighted by molar-refractivity contribution is 5.91. The first-order chi connectivity index (χ1) is 13.1. The third kappa shape index (κ3) is 7.13. The van der Waals surface area contributed by atoms with Gasteiger partial charge in [0.2, 0.25) is 11.8 Å². The Balaban J connectivity index is 1.87. The Morgan fingerprint density at radius 1 is 1.04 bits per heavy atom. The topological polar surface area (TPSA) is 58.6 Å². The highest BCUT2D eigenvalue weighted by Crippen LogP contribution is 2.20. The van der Waals surface area contributed by atoms with Crippen molar-refractivity contribution in [3.8, 4) is 5.75 Å². The minimum atomic E-state index is -0.0595. The van der Waals surface area contributed by atoms with Crippen LogP contribution < -0.4 is 15.0 Å². The Hall–Kier alpha value is -2.82. The third-order valence-corrected chi connectivity index (χ3v) is 4.19. The molecule has 0 atom stereocenters. The van der Waals surface area contributed by atoms with Crippen LogP contribution in [-0.4, -0.2) is 24.9 Å². The fraction of sp³-hybridized carbons (Fsp3) is 0.364. The number of benzene rings is 2. The van der Waals surface area contributed by atoms with Crippen LogP contribution in [0.25, 0.3) is 0 Å². The minimum Gasteiger partial charge on any atom is -0.489 e. The lowest BCUT2D eigenvalue weighted by Gasteiger charge is -2.21. The summed E-state index contributed by atoms with van der Waals surface area (Å²) in [6, 6.07) is 17.4. The van der Waals surface area contributed by atoms with Crippen LogP contribution in [0.3, 0.4) is 0 Å². The normalized spacial score (nSPS) is 10.3. The van der Waals surface area contributed by atoms with Gasteiger partial charge in [-0.05, 0) is 36.2 Å². The first-order valence-electron chi connectivity index (χ1n) is 9.41. The molecule has 0 aliphatic rings. The highest BCUT2D eigenvalue weighted by atomic mass is 16.5. The Bertz CT molecular complexity index is 714. The van der Waals surface area contributed by atoms with Crippen molar-refractivity contribution >= 4 is 17.5 Å². The molecule has 5 heteroatoms. The minimum absolute atomic E-state index is 0.0324. The van der Waals surface area contributed by atoms with Gasteiger partial charge < -0.3 is 15.0 Å². The number of unbranched alkanes of at least 4 members (excludes halogenated alkanes) is 1. The van der Waals surface area contributed by atoms with Crippen molar-refractivity contribution in [1.29, 1.82) is 0 Å². The summed E-state index contributed by atoms with van der Waals surface area (Å²) >= 11 is 0. The van der Waals surface area contributed by atoms with Crippen LogP contribution >= 0.6 is 0 Å². The molecule has 0 saturated carbocycles. The Morgan fingerprint density at radius 2 is 1.74 bits per heavy atom. The smallest absolute Gasteiger partial charge is 0.223 e. The molecule has 0 radical (unpaired) electrons. The predicted octanol–water partition coefficient (Wildman–Crippen LogP) is 3.92. The molecule has 2 aromatic carbocycles. The maximum absolute atomic E-state index is 12.0. The highest BCUT2D eigenvalue weighted by Gasteiger charge is 2.12. The summed E-state index contributed by atoms with van der Waals surface area (Å²) in [5.74, 6) is 0.722. The molecule has 0 bridgehead atoms. The van der Waals surface area contributed by atoms with Gasteiger partial charge in [-0.2, -0.15) is 0 Å². The number of nitrogens with zero attached hydrogens (tertiary/aromatic N) is 1. The van der Waals surface area contributed by atoms with Crippen LogP contribution in [0.5, 0.6) is 5.75 Å². The number of rotatable bonds is 10. The number of hydrogen-bond donors (Lipinski definition) is 1. The SMILES string of the molecule is CCCCC(=O)NCCN(C(C)=O)c1ccc(OCc2ccccc2)cc1. The number of nitrogens with one attached hydrogen (secondary N) is 1. The van der Waals surface area contributed by atoms with Crippen LogP contribution in [-0.2, 0) is 16.2 Å². The van der Waals surface area contributed by atoms with Crippen LogP contribution in [0.4, 0.5) is 5.69 Å². The Kier molecular flexibility index (Phi) is 8.36. The summed E-state index contributed by atoms with van der Waals surface area (Å²) < 4.78 is 5.78. The van der Waals surface area contributed by atoms with Gasteiger partial charge in [0.05, 0.1) is 0 Å². The molecule has 144 valence electrons. The van der Waals surface area contributed by atoms with E-state index >= 15 is 0 Å². The van der Waals surface area contributed by atoms with Crippen molar-refractivity contribution in [2.75, 3.05) is 18.0 Å². The van der Waals surface area contributed by atoms with Crippen molar-refractivity contribution in [3.63, 3.8) is 0 Å². The molecule has 5 nitrogen and oxygen atoms in total. The second kappa shape index (κ2) is 11.0. The first-order valence-corrected chi connectivity index (χ1v) is 9.41. The maximum Gasteiger partial charge on any atom is 0.223 e. The molecule has 0 unspecified atom stereocenters. The van der Waals surface area contributed by atoms with E-state index < -0.39 is 0 Å². The molecule has 0 aliphatic carbocycles. The van der Waals surface area contributed by atoms with Gasteiger partial charge in [0.25, 0.3) is 0 Å². The predicted molar refractivity (Wildman–Crippen MR) is 108 cm³/mol. The van der Waals surface area contributed by atoms with E-state index in [1.807, 2.05) is 54.6 Å². The van der Waals surface area contributed by atoms with Crippen molar-refractivity contribution in [3.05, 3.63) is 60.2 Å².